The molecule has 2 aromatic carbocycles. The van der Waals surface area contributed by atoms with Gasteiger partial charge in [0, 0.05) is 10.7 Å². The predicted octanol–water partition coefficient (Wildman–Crippen LogP) is 4.28. The summed E-state index contributed by atoms with van der Waals surface area (Å²) in [5.74, 6) is 0.359. The standard InChI is InChI=1S/C22H23ClN2O4/c1-14-8-16(9-15(2)20(14)29-22(3,4)13-26)11-25-19(27)12-24(21(25)28)18-7-5-6-17(23)10-18/h5-10,13H,11-12H2,1-4H3. The van der Waals surface area contributed by atoms with Crippen molar-refractivity contribution in [1.82, 2.24) is 4.90 Å². The first-order valence-corrected chi connectivity index (χ1v) is 9.62. The predicted molar refractivity (Wildman–Crippen MR) is 111 cm³/mol. The van der Waals surface area contributed by atoms with E-state index in [-0.39, 0.29) is 25.0 Å². The molecule has 3 amide bonds. The van der Waals surface area contributed by atoms with Crippen LogP contribution in [0, 0.1) is 13.8 Å². The van der Waals surface area contributed by atoms with E-state index in [0.29, 0.717) is 16.5 Å². The summed E-state index contributed by atoms with van der Waals surface area (Å²) in [6.45, 7) is 7.27. The summed E-state index contributed by atoms with van der Waals surface area (Å²) in [5, 5.41) is 0.501. The second-order valence-electron chi connectivity index (χ2n) is 7.71. The van der Waals surface area contributed by atoms with Gasteiger partial charge in [-0.1, -0.05) is 29.8 Å². The van der Waals surface area contributed by atoms with Crippen LogP contribution in [0.2, 0.25) is 5.02 Å². The van der Waals surface area contributed by atoms with Gasteiger partial charge in [0.15, 0.2) is 11.9 Å². The first-order chi connectivity index (χ1) is 13.6. The average molecular weight is 415 g/mol. The van der Waals surface area contributed by atoms with E-state index in [1.54, 1.807) is 38.1 Å². The van der Waals surface area contributed by atoms with Crippen LogP contribution in [0.3, 0.4) is 0 Å². The fraction of sp³-hybridized carbons (Fsp3) is 0.318. The summed E-state index contributed by atoms with van der Waals surface area (Å²) in [6.07, 6.45) is 0.756. The molecule has 2 aromatic rings. The second-order valence-corrected chi connectivity index (χ2v) is 8.15. The minimum atomic E-state index is -0.935. The molecule has 1 aliphatic heterocycles. The summed E-state index contributed by atoms with van der Waals surface area (Å²) < 4.78 is 5.83. The molecule has 3 rings (SSSR count). The number of carbonyl (C=O) groups is 3. The Morgan fingerprint density at radius 1 is 1.14 bits per heavy atom. The van der Waals surface area contributed by atoms with Crippen molar-refractivity contribution in [2.45, 2.75) is 39.8 Å². The molecule has 1 aliphatic rings. The number of aldehydes is 1. The lowest BCUT2D eigenvalue weighted by molar-refractivity contribution is -0.125. The van der Waals surface area contributed by atoms with Crippen molar-refractivity contribution in [2.24, 2.45) is 0 Å². The van der Waals surface area contributed by atoms with Crippen molar-refractivity contribution in [3.63, 3.8) is 0 Å². The highest BCUT2D eigenvalue weighted by Crippen LogP contribution is 2.30. The van der Waals surface area contributed by atoms with Crippen LogP contribution in [0.25, 0.3) is 0 Å². The highest BCUT2D eigenvalue weighted by molar-refractivity contribution is 6.31. The van der Waals surface area contributed by atoms with Crippen molar-refractivity contribution in [2.75, 3.05) is 11.4 Å². The van der Waals surface area contributed by atoms with Gasteiger partial charge in [0.1, 0.15) is 12.3 Å². The van der Waals surface area contributed by atoms with Crippen LogP contribution in [0.4, 0.5) is 10.5 Å². The summed E-state index contributed by atoms with van der Waals surface area (Å²) >= 11 is 6.01. The Bertz CT molecular complexity index is 964. The number of hydrogen-bond donors (Lipinski definition) is 0. The van der Waals surface area contributed by atoms with Gasteiger partial charge in [-0.25, -0.2) is 4.79 Å². The Morgan fingerprint density at radius 3 is 2.38 bits per heavy atom. The molecule has 1 fully saturated rings. The average Bonchev–Trinajstić information content (AvgIpc) is 2.93. The van der Waals surface area contributed by atoms with E-state index in [2.05, 4.69) is 0 Å². The molecule has 0 aromatic heterocycles. The number of benzene rings is 2. The highest BCUT2D eigenvalue weighted by atomic mass is 35.5. The fourth-order valence-corrected chi connectivity index (χ4v) is 3.49. The number of halogens is 1. The largest absolute Gasteiger partial charge is 0.480 e. The lowest BCUT2D eigenvalue weighted by Crippen LogP contribution is -2.33. The van der Waals surface area contributed by atoms with Gasteiger partial charge in [-0.3, -0.25) is 19.4 Å². The summed E-state index contributed by atoms with van der Waals surface area (Å²) in [5.41, 5.74) is 2.13. The van der Waals surface area contributed by atoms with Gasteiger partial charge in [0.25, 0.3) is 5.91 Å². The van der Waals surface area contributed by atoms with Crippen LogP contribution in [-0.4, -0.2) is 35.3 Å². The lowest BCUT2D eigenvalue weighted by Gasteiger charge is -2.24. The van der Waals surface area contributed by atoms with E-state index < -0.39 is 5.60 Å². The molecule has 0 atom stereocenters. The SMILES string of the molecule is Cc1cc(CN2C(=O)CN(c3cccc(Cl)c3)C2=O)cc(C)c1OC(C)(C)C=O. The quantitative estimate of drug-likeness (QED) is 0.522. The van der Waals surface area contributed by atoms with E-state index in [4.69, 9.17) is 16.3 Å². The van der Waals surface area contributed by atoms with Gasteiger partial charge >= 0.3 is 6.03 Å². The van der Waals surface area contributed by atoms with E-state index in [1.807, 2.05) is 26.0 Å². The number of carbonyl (C=O) groups excluding carboxylic acids is 3. The molecule has 0 N–H and O–H groups in total. The summed E-state index contributed by atoms with van der Waals surface area (Å²) in [6, 6.07) is 10.2. The zero-order valence-electron chi connectivity index (χ0n) is 16.9. The van der Waals surface area contributed by atoms with Crippen molar-refractivity contribution >= 4 is 35.5 Å². The maximum Gasteiger partial charge on any atom is 0.332 e. The first kappa shape index (κ1) is 20.9. The zero-order chi connectivity index (χ0) is 21.3. The number of amides is 3. The van der Waals surface area contributed by atoms with E-state index >= 15 is 0 Å². The van der Waals surface area contributed by atoms with Crippen molar-refractivity contribution in [3.05, 3.63) is 58.1 Å². The number of hydrogen-bond acceptors (Lipinski definition) is 4. The Morgan fingerprint density at radius 2 is 1.79 bits per heavy atom. The minimum absolute atomic E-state index is 0.0220. The Balaban J connectivity index is 1.82. The Labute approximate surface area is 175 Å². The van der Waals surface area contributed by atoms with Gasteiger partial charge in [-0.05, 0) is 62.6 Å². The van der Waals surface area contributed by atoms with Gasteiger partial charge in [-0.2, -0.15) is 0 Å². The maximum atomic E-state index is 12.8. The lowest BCUT2D eigenvalue weighted by atomic mass is 10.0. The molecule has 7 heteroatoms. The smallest absolute Gasteiger partial charge is 0.332 e. The van der Waals surface area contributed by atoms with Crippen LogP contribution >= 0.6 is 11.6 Å². The first-order valence-electron chi connectivity index (χ1n) is 9.24. The Hall–Kier alpha value is -2.86. The number of ether oxygens (including phenoxy) is 1. The second kappa shape index (κ2) is 7.87. The molecule has 29 heavy (non-hydrogen) atoms. The third kappa shape index (κ3) is 4.43. The summed E-state index contributed by atoms with van der Waals surface area (Å²) in [7, 11) is 0. The van der Waals surface area contributed by atoms with Gasteiger partial charge < -0.3 is 4.74 Å². The molecule has 0 radical (unpaired) electrons. The third-order valence-electron chi connectivity index (χ3n) is 4.69. The molecular weight excluding hydrogens is 392 g/mol. The topological polar surface area (TPSA) is 66.9 Å². The number of imide groups is 1. The number of rotatable bonds is 6. The van der Waals surface area contributed by atoms with Gasteiger partial charge in [-0.15, -0.1) is 0 Å². The molecule has 1 saturated heterocycles. The number of anilines is 1. The maximum absolute atomic E-state index is 12.8. The molecule has 6 nitrogen and oxygen atoms in total. The molecule has 0 unspecified atom stereocenters. The molecular formula is C22H23ClN2O4. The molecule has 0 aliphatic carbocycles. The van der Waals surface area contributed by atoms with Crippen molar-refractivity contribution < 1.29 is 19.1 Å². The molecule has 152 valence electrons. The van der Waals surface area contributed by atoms with Crippen LogP contribution < -0.4 is 9.64 Å². The van der Waals surface area contributed by atoms with Crippen LogP contribution in [0.1, 0.15) is 30.5 Å². The number of aryl methyl sites for hydroxylation is 2. The van der Waals surface area contributed by atoms with Crippen molar-refractivity contribution in [3.8, 4) is 5.75 Å². The number of urea groups is 1. The Kier molecular flexibility index (Phi) is 5.66. The number of nitrogens with zero attached hydrogens (tertiary/aromatic N) is 2. The van der Waals surface area contributed by atoms with Crippen molar-refractivity contribution in [1.29, 1.82) is 0 Å². The van der Waals surface area contributed by atoms with Crippen LogP contribution in [-0.2, 0) is 16.1 Å². The fourth-order valence-electron chi connectivity index (χ4n) is 3.30. The zero-order valence-corrected chi connectivity index (χ0v) is 17.6. The molecule has 0 spiro atoms. The highest BCUT2D eigenvalue weighted by Gasteiger charge is 2.37. The van der Waals surface area contributed by atoms with Gasteiger partial charge in [0.2, 0.25) is 0 Å². The minimum Gasteiger partial charge on any atom is -0.480 e. The van der Waals surface area contributed by atoms with E-state index in [1.165, 1.54) is 9.80 Å². The third-order valence-corrected chi connectivity index (χ3v) is 4.92. The van der Waals surface area contributed by atoms with Gasteiger partial charge in [0.05, 0.1) is 6.54 Å². The van der Waals surface area contributed by atoms with E-state index in [9.17, 15) is 14.4 Å². The molecule has 0 bridgehead atoms. The van der Waals surface area contributed by atoms with Crippen LogP contribution in [0.15, 0.2) is 36.4 Å². The van der Waals surface area contributed by atoms with Crippen LogP contribution in [0.5, 0.6) is 5.75 Å². The monoisotopic (exact) mass is 414 g/mol. The van der Waals surface area contributed by atoms with E-state index in [0.717, 1.165) is 23.0 Å². The normalized spacial score (nSPS) is 14.5. The summed E-state index contributed by atoms with van der Waals surface area (Å²) in [4.78, 5) is 39.1. The molecule has 0 saturated carbocycles. The molecule has 1 heterocycles.